The lowest BCUT2D eigenvalue weighted by Crippen LogP contribution is -2.54. The topological polar surface area (TPSA) is 96.7 Å². The van der Waals surface area contributed by atoms with Gasteiger partial charge in [-0.1, -0.05) is 0 Å². The average molecular weight is 475 g/mol. The van der Waals surface area contributed by atoms with Gasteiger partial charge in [0.15, 0.2) is 11.6 Å². The SMILES string of the molecule is COc1ccc(N2C[C@@H](C)N[C@@H](C)C2)nc1NS(=O)(=O)c1ccc(-c2ccc(C)o2)c(F)c1. The number of nitrogens with one attached hydrogen (secondary N) is 2. The molecule has 4 rings (SSSR count). The number of methoxy groups -OCH3 is 1. The van der Waals surface area contributed by atoms with Crippen molar-refractivity contribution in [1.29, 1.82) is 0 Å². The van der Waals surface area contributed by atoms with Crippen LogP contribution in [0.25, 0.3) is 11.3 Å². The number of rotatable bonds is 6. The highest BCUT2D eigenvalue weighted by atomic mass is 32.2. The smallest absolute Gasteiger partial charge is 0.263 e. The van der Waals surface area contributed by atoms with Gasteiger partial charge in [0.1, 0.15) is 23.2 Å². The molecule has 0 saturated carbocycles. The first-order valence-electron chi connectivity index (χ1n) is 10.6. The molecule has 0 unspecified atom stereocenters. The molecule has 33 heavy (non-hydrogen) atoms. The van der Waals surface area contributed by atoms with Crippen molar-refractivity contribution in [3.8, 4) is 17.1 Å². The van der Waals surface area contributed by atoms with Gasteiger partial charge in [-0.2, -0.15) is 0 Å². The molecule has 2 atom stereocenters. The zero-order valence-corrected chi connectivity index (χ0v) is 19.7. The molecule has 176 valence electrons. The number of furan rings is 1. The van der Waals surface area contributed by atoms with Crippen LogP contribution in [0, 0.1) is 12.7 Å². The minimum absolute atomic E-state index is 0.0417. The Morgan fingerprint density at radius 3 is 2.48 bits per heavy atom. The van der Waals surface area contributed by atoms with Crippen molar-refractivity contribution < 1.29 is 22.0 Å². The number of anilines is 2. The average Bonchev–Trinajstić information content (AvgIpc) is 3.18. The number of aromatic nitrogens is 1. The molecule has 2 N–H and O–H groups in total. The molecule has 0 radical (unpaired) electrons. The van der Waals surface area contributed by atoms with E-state index in [2.05, 4.69) is 33.8 Å². The van der Waals surface area contributed by atoms with Crippen molar-refractivity contribution in [3.63, 3.8) is 0 Å². The summed E-state index contributed by atoms with van der Waals surface area (Å²) in [6.45, 7) is 7.38. The van der Waals surface area contributed by atoms with Gasteiger partial charge in [0.05, 0.1) is 17.6 Å². The second-order valence-corrected chi connectivity index (χ2v) is 9.93. The molecule has 10 heteroatoms. The Kier molecular flexibility index (Phi) is 6.31. The van der Waals surface area contributed by atoms with Gasteiger partial charge in [0, 0.05) is 25.2 Å². The van der Waals surface area contributed by atoms with Crippen LogP contribution in [-0.2, 0) is 10.0 Å². The van der Waals surface area contributed by atoms with Crippen molar-refractivity contribution in [3.05, 3.63) is 54.0 Å². The van der Waals surface area contributed by atoms with Gasteiger partial charge in [-0.3, -0.25) is 4.72 Å². The standard InChI is InChI=1S/C23H27FN4O4S/c1-14-12-28(13-15(2)25-14)22-10-9-21(31-4)23(26-22)27-33(29,30)17-6-7-18(19(24)11-17)20-8-5-16(3)32-20/h5-11,14-15,25H,12-13H2,1-4H3,(H,26,27)/t14-,15+. The molecular formula is C23H27FN4O4S. The van der Waals surface area contributed by atoms with Crippen molar-refractivity contribution in [2.45, 2.75) is 37.8 Å². The van der Waals surface area contributed by atoms with Gasteiger partial charge in [-0.25, -0.2) is 17.8 Å². The van der Waals surface area contributed by atoms with Gasteiger partial charge in [-0.05, 0) is 63.2 Å². The number of sulfonamides is 1. The molecule has 3 aromatic rings. The van der Waals surface area contributed by atoms with Gasteiger partial charge in [-0.15, -0.1) is 0 Å². The highest BCUT2D eigenvalue weighted by Crippen LogP contribution is 2.31. The Morgan fingerprint density at radius 1 is 1.15 bits per heavy atom. The van der Waals surface area contributed by atoms with E-state index in [1.54, 1.807) is 31.2 Å². The van der Waals surface area contributed by atoms with E-state index in [9.17, 15) is 12.8 Å². The molecular weight excluding hydrogens is 447 g/mol. The maximum Gasteiger partial charge on any atom is 0.263 e. The lowest BCUT2D eigenvalue weighted by atomic mass is 10.1. The van der Waals surface area contributed by atoms with Crippen LogP contribution < -0.4 is 19.7 Å². The number of aryl methyl sites for hydroxylation is 1. The second kappa shape index (κ2) is 9.03. The molecule has 0 bridgehead atoms. The molecule has 0 spiro atoms. The van der Waals surface area contributed by atoms with Crippen LogP contribution in [0.2, 0.25) is 0 Å². The molecule has 3 heterocycles. The van der Waals surface area contributed by atoms with Crippen molar-refractivity contribution in [2.75, 3.05) is 29.8 Å². The van der Waals surface area contributed by atoms with E-state index in [0.29, 0.717) is 17.3 Å². The summed E-state index contributed by atoms with van der Waals surface area (Å²) in [4.78, 5) is 6.37. The zero-order valence-electron chi connectivity index (χ0n) is 18.9. The van der Waals surface area contributed by atoms with E-state index < -0.39 is 15.8 Å². The maximum atomic E-state index is 14.7. The molecule has 8 nitrogen and oxygen atoms in total. The quantitative estimate of drug-likeness (QED) is 0.561. The van der Waals surface area contributed by atoms with Gasteiger partial charge in [0.25, 0.3) is 10.0 Å². The Hall–Kier alpha value is -3.11. The largest absolute Gasteiger partial charge is 0.493 e. The number of benzene rings is 1. The predicted octanol–water partition coefficient (Wildman–Crippen LogP) is 3.79. The molecule has 0 aliphatic carbocycles. The summed E-state index contributed by atoms with van der Waals surface area (Å²) in [7, 11) is -2.69. The van der Waals surface area contributed by atoms with E-state index in [0.717, 1.165) is 19.2 Å². The maximum absolute atomic E-state index is 14.7. The van der Waals surface area contributed by atoms with E-state index in [4.69, 9.17) is 9.15 Å². The molecule has 2 aromatic heterocycles. The molecule has 1 saturated heterocycles. The lowest BCUT2D eigenvalue weighted by molar-refractivity contribution is 0.403. The third-order valence-electron chi connectivity index (χ3n) is 5.43. The summed E-state index contributed by atoms with van der Waals surface area (Å²) < 4.78 is 54.0. The van der Waals surface area contributed by atoms with Crippen LogP contribution in [0.5, 0.6) is 5.75 Å². The summed E-state index contributed by atoms with van der Waals surface area (Å²) in [6.07, 6.45) is 0. The van der Waals surface area contributed by atoms with Crippen LogP contribution in [-0.4, -0.2) is 45.7 Å². The third-order valence-corrected chi connectivity index (χ3v) is 6.77. The molecule has 0 amide bonds. The Morgan fingerprint density at radius 2 is 1.88 bits per heavy atom. The summed E-state index contributed by atoms with van der Waals surface area (Å²) in [5.74, 6) is 1.20. The first kappa shape index (κ1) is 23.1. The predicted molar refractivity (Wildman–Crippen MR) is 125 cm³/mol. The molecule has 1 aromatic carbocycles. The minimum atomic E-state index is -4.13. The molecule has 1 aliphatic rings. The fourth-order valence-electron chi connectivity index (χ4n) is 3.99. The number of hydrogen-bond acceptors (Lipinski definition) is 7. The van der Waals surface area contributed by atoms with Gasteiger partial charge in [0.2, 0.25) is 0 Å². The number of nitrogens with zero attached hydrogens (tertiary/aromatic N) is 2. The van der Waals surface area contributed by atoms with Crippen LogP contribution in [0.15, 0.2) is 51.8 Å². The minimum Gasteiger partial charge on any atom is -0.493 e. The van der Waals surface area contributed by atoms with Gasteiger partial charge < -0.3 is 19.4 Å². The van der Waals surface area contributed by atoms with Crippen LogP contribution in [0.1, 0.15) is 19.6 Å². The number of pyridine rings is 1. The summed E-state index contributed by atoms with van der Waals surface area (Å²) in [5, 5.41) is 3.45. The Balaban J connectivity index is 1.63. The van der Waals surface area contributed by atoms with E-state index in [1.165, 1.54) is 19.2 Å². The molecule has 1 aliphatic heterocycles. The first-order chi connectivity index (χ1) is 15.7. The highest BCUT2D eigenvalue weighted by Gasteiger charge is 2.25. The summed E-state index contributed by atoms with van der Waals surface area (Å²) in [6, 6.07) is 11.0. The Labute approximate surface area is 192 Å². The number of ether oxygens (including phenoxy) is 1. The third kappa shape index (κ3) is 4.96. The number of hydrogen-bond donors (Lipinski definition) is 2. The molecule has 1 fully saturated rings. The van der Waals surface area contributed by atoms with Crippen LogP contribution >= 0.6 is 0 Å². The normalized spacial score (nSPS) is 18.9. The van der Waals surface area contributed by atoms with E-state index >= 15 is 0 Å². The fourth-order valence-corrected chi connectivity index (χ4v) is 5.02. The second-order valence-electron chi connectivity index (χ2n) is 8.25. The van der Waals surface area contributed by atoms with Crippen LogP contribution in [0.4, 0.5) is 16.0 Å². The zero-order chi connectivity index (χ0) is 23.8. The van der Waals surface area contributed by atoms with Crippen LogP contribution in [0.3, 0.4) is 0 Å². The lowest BCUT2D eigenvalue weighted by Gasteiger charge is -2.37. The van der Waals surface area contributed by atoms with Crippen molar-refractivity contribution >= 4 is 21.7 Å². The monoisotopic (exact) mass is 474 g/mol. The van der Waals surface area contributed by atoms with Crippen molar-refractivity contribution in [2.24, 2.45) is 0 Å². The number of piperazine rings is 1. The summed E-state index contributed by atoms with van der Waals surface area (Å²) in [5.41, 5.74) is 0.182. The first-order valence-corrected chi connectivity index (χ1v) is 12.1. The Bertz CT molecular complexity index is 1250. The summed E-state index contributed by atoms with van der Waals surface area (Å²) >= 11 is 0. The van der Waals surface area contributed by atoms with Crippen molar-refractivity contribution in [1.82, 2.24) is 10.3 Å². The number of halogens is 1. The highest BCUT2D eigenvalue weighted by molar-refractivity contribution is 7.92. The fraction of sp³-hybridized carbons (Fsp3) is 0.348. The van der Waals surface area contributed by atoms with Gasteiger partial charge >= 0.3 is 0 Å². The van der Waals surface area contributed by atoms with E-state index in [1.807, 2.05) is 0 Å². The van der Waals surface area contributed by atoms with E-state index in [-0.39, 0.29) is 34.1 Å².